The van der Waals surface area contributed by atoms with Gasteiger partial charge in [0.15, 0.2) is 0 Å². The maximum Gasteiger partial charge on any atom is 0.251 e. The van der Waals surface area contributed by atoms with E-state index in [2.05, 4.69) is 5.32 Å². The maximum absolute atomic E-state index is 12.7. The van der Waals surface area contributed by atoms with E-state index in [1.807, 2.05) is 0 Å². The zero-order chi connectivity index (χ0) is 17.0. The molecular weight excluding hydrogens is 340 g/mol. The molecule has 0 aliphatic carbocycles. The molecule has 0 saturated carbocycles. The molecule has 2 N–H and O–H groups in total. The summed E-state index contributed by atoms with van der Waals surface area (Å²) in [4.78, 5) is 12.0. The summed E-state index contributed by atoms with van der Waals surface area (Å²) in [5.74, 6) is -0.447. The highest BCUT2D eigenvalue weighted by Crippen LogP contribution is 2.27. The van der Waals surface area contributed by atoms with Crippen molar-refractivity contribution in [3.8, 4) is 0 Å². The van der Waals surface area contributed by atoms with Crippen LogP contribution in [0.5, 0.6) is 0 Å². The van der Waals surface area contributed by atoms with Crippen LogP contribution < -0.4 is 5.32 Å². The van der Waals surface area contributed by atoms with Crippen LogP contribution in [0, 0.1) is 0 Å². The van der Waals surface area contributed by atoms with Gasteiger partial charge in [0.1, 0.15) is 4.90 Å². The Morgan fingerprint density at radius 2 is 2.00 bits per heavy atom. The lowest BCUT2D eigenvalue weighted by molar-refractivity contribution is 0.0924. The van der Waals surface area contributed by atoms with E-state index in [1.54, 1.807) is 6.92 Å². The Bertz CT molecular complexity index is 670. The summed E-state index contributed by atoms with van der Waals surface area (Å²) in [7, 11) is -3.71. The second-order valence-corrected chi connectivity index (χ2v) is 7.98. The number of sulfonamides is 1. The average Bonchev–Trinajstić information content (AvgIpc) is 2.53. The van der Waals surface area contributed by atoms with Crippen LogP contribution in [0.4, 0.5) is 0 Å². The van der Waals surface area contributed by atoms with Crippen molar-refractivity contribution in [1.82, 2.24) is 9.62 Å². The van der Waals surface area contributed by atoms with Crippen LogP contribution >= 0.6 is 11.6 Å². The molecule has 1 fully saturated rings. The van der Waals surface area contributed by atoms with E-state index in [-0.39, 0.29) is 22.0 Å². The van der Waals surface area contributed by atoms with Gasteiger partial charge < -0.3 is 10.4 Å². The summed E-state index contributed by atoms with van der Waals surface area (Å²) in [6.45, 7) is 2.58. The zero-order valence-electron chi connectivity index (χ0n) is 13.0. The van der Waals surface area contributed by atoms with Crippen molar-refractivity contribution in [2.75, 3.05) is 19.6 Å². The first-order chi connectivity index (χ1) is 10.8. The second kappa shape index (κ2) is 7.61. The third-order valence-corrected chi connectivity index (χ3v) is 6.06. The Balaban J connectivity index is 2.28. The molecule has 1 saturated heterocycles. The van der Waals surface area contributed by atoms with Crippen LogP contribution in [0.2, 0.25) is 5.02 Å². The molecule has 2 rings (SSSR count). The van der Waals surface area contributed by atoms with E-state index in [0.717, 1.165) is 19.3 Å². The fourth-order valence-corrected chi connectivity index (χ4v) is 4.45. The fraction of sp³-hybridized carbons (Fsp3) is 0.533. The predicted octanol–water partition coefficient (Wildman–Crippen LogP) is 1.63. The minimum Gasteiger partial charge on any atom is -0.392 e. The molecule has 1 aromatic carbocycles. The van der Waals surface area contributed by atoms with Crippen molar-refractivity contribution in [3.63, 3.8) is 0 Å². The lowest BCUT2D eigenvalue weighted by Gasteiger charge is -2.26. The maximum atomic E-state index is 12.7. The molecule has 0 radical (unpaired) electrons. The van der Waals surface area contributed by atoms with Crippen molar-refractivity contribution in [3.05, 3.63) is 28.8 Å². The van der Waals surface area contributed by atoms with Gasteiger partial charge in [0.25, 0.3) is 5.91 Å². The Morgan fingerprint density at radius 1 is 1.35 bits per heavy atom. The Labute approximate surface area is 141 Å². The molecule has 0 spiro atoms. The highest BCUT2D eigenvalue weighted by Gasteiger charge is 2.28. The number of amides is 1. The van der Waals surface area contributed by atoms with E-state index in [0.29, 0.717) is 13.1 Å². The molecule has 23 heavy (non-hydrogen) atoms. The lowest BCUT2D eigenvalue weighted by atomic mass is 10.2. The van der Waals surface area contributed by atoms with Gasteiger partial charge in [-0.3, -0.25) is 4.79 Å². The molecule has 1 atom stereocenters. The van der Waals surface area contributed by atoms with E-state index >= 15 is 0 Å². The van der Waals surface area contributed by atoms with Crippen LogP contribution in [0.25, 0.3) is 0 Å². The first-order valence-corrected chi connectivity index (χ1v) is 9.40. The zero-order valence-corrected chi connectivity index (χ0v) is 14.5. The molecular formula is C15H21ClN2O4S. The summed E-state index contributed by atoms with van der Waals surface area (Å²) >= 11 is 6.05. The summed E-state index contributed by atoms with van der Waals surface area (Å²) in [6.07, 6.45) is 1.99. The molecule has 1 aliphatic rings. The topological polar surface area (TPSA) is 86.7 Å². The number of nitrogens with one attached hydrogen (secondary N) is 1. The van der Waals surface area contributed by atoms with Crippen molar-refractivity contribution in [1.29, 1.82) is 0 Å². The lowest BCUT2D eigenvalue weighted by Crippen LogP contribution is -2.36. The van der Waals surface area contributed by atoms with E-state index in [1.165, 1.54) is 22.5 Å². The number of benzene rings is 1. The highest BCUT2D eigenvalue weighted by molar-refractivity contribution is 7.89. The number of hydrogen-bond acceptors (Lipinski definition) is 4. The largest absolute Gasteiger partial charge is 0.392 e. The summed E-state index contributed by atoms with van der Waals surface area (Å²) in [5.41, 5.74) is 0.200. The molecule has 1 unspecified atom stereocenters. The molecule has 0 bridgehead atoms. The standard InChI is InChI=1S/C15H21ClN2O4S/c1-11(19)10-17-15(20)12-5-6-13(16)14(9-12)23(21,22)18-7-3-2-4-8-18/h5-6,9,11,19H,2-4,7-8,10H2,1H3,(H,17,20). The number of aliphatic hydroxyl groups excluding tert-OH is 1. The van der Waals surface area contributed by atoms with Gasteiger partial charge in [-0.1, -0.05) is 18.0 Å². The quantitative estimate of drug-likeness (QED) is 0.835. The van der Waals surface area contributed by atoms with Crippen molar-refractivity contribution < 1.29 is 18.3 Å². The Hall–Kier alpha value is -1.15. The van der Waals surface area contributed by atoms with Crippen molar-refractivity contribution >= 4 is 27.5 Å². The van der Waals surface area contributed by atoms with Gasteiger partial charge in [-0.15, -0.1) is 0 Å². The van der Waals surface area contributed by atoms with Gasteiger partial charge in [0.05, 0.1) is 11.1 Å². The van der Waals surface area contributed by atoms with Gasteiger partial charge >= 0.3 is 0 Å². The first-order valence-electron chi connectivity index (χ1n) is 7.58. The third kappa shape index (κ3) is 4.44. The number of carbonyl (C=O) groups is 1. The molecule has 1 amide bonds. The van der Waals surface area contributed by atoms with Crippen molar-refractivity contribution in [2.45, 2.75) is 37.2 Å². The minimum atomic E-state index is -3.71. The fourth-order valence-electron chi connectivity index (χ4n) is 2.43. The van der Waals surface area contributed by atoms with Crippen LogP contribution in [0.15, 0.2) is 23.1 Å². The van der Waals surface area contributed by atoms with Crippen LogP contribution in [0.1, 0.15) is 36.5 Å². The summed E-state index contributed by atoms with van der Waals surface area (Å²) < 4.78 is 26.8. The van der Waals surface area contributed by atoms with Gasteiger partial charge in [-0.2, -0.15) is 4.31 Å². The Morgan fingerprint density at radius 3 is 2.61 bits per heavy atom. The van der Waals surface area contributed by atoms with E-state index < -0.39 is 22.0 Å². The van der Waals surface area contributed by atoms with E-state index in [9.17, 15) is 18.3 Å². The van der Waals surface area contributed by atoms with Crippen molar-refractivity contribution in [2.24, 2.45) is 0 Å². The number of carbonyl (C=O) groups excluding carboxylic acids is 1. The number of halogens is 1. The Kier molecular flexibility index (Phi) is 6.02. The van der Waals surface area contributed by atoms with Gasteiger partial charge in [0.2, 0.25) is 10.0 Å². The molecule has 1 aliphatic heterocycles. The molecule has 1 aromatic rings. The van der Waals surface area contributed by atoms with Gasteiger partial charge in [-0.25, -0.2) is 8.42 Å². The predicted molar refractivity (Wildman–Crippen MR) is 88.1 cm³/mol. The van der Waals surface area contributed by atoms with Gasteiger partial charge in [-0.05, 0) is 38.0 Å². The summed E-state index contributed by atoms with van der Waals surface area (Å²) in [5, 5.41) is 11.8. The number of nitrogens with zero attached hydrogens (tertiary/aromatic N) is 1. The smallest absolute Gasteiger partial charge is 0.251 e. The normalized spacial score (nSPS) is 17.7. The highest BCUT2D eigenvalue weighted by atomic mass is 35.5. The monoisotopic (exact) mass is 360 g/mol. The minimum absolute atomic E-state index is 0.0502. The van der Waals surface area contributed by atoms with Crippen LogP contribution in [-0.2, 0) is 10.0 Å². The average molecular weight is 361 g/mol. The molecule has 6 nitrogen and oxygen atoms in total. The molecule has 0 aromatic heterocycles. The van der Waals surface area contributed by atoms with E-state index in [4.69, 9.17) is 11.6 Å². The van der Waals surface area contributed by atoms with Crippen LogP contribution in [0.3, 0.4) is 0 Å². The third-order valence-electron chi connectivity index (χ3n) is 3.68. The summed E-state index contributed by atoms with van der Waals surface area (Å²) in [6, 6.07) is 4.17. The molecule has 1 heterocycles. The molecule has 8 heteroatoms. The number of hydrogen-bond donors (Lipinski definition) is 2. The SMILES string of the molecule is CC(O)CNC(=O)c1ccc(Cl)c(S(=O)(=O)N2CCCCC2)c1. The number of piperidine rings is 1. The van der Waals surface area contributed by atoms with Gasteiger partial charge in [0, 0.05) is 25.2 Å². The number of aliphatic hydroxyl groups is 1. The first kappa shape index (κ1) is 18.2. The van der Waals surface area contributed by atoms with Crippen LogP contribution in [-0.4, -0.2) is 49.5 Å². The number of rotatable bonds is 5. The molecule has 128 valence electrons. The second-order valence-electron chi connectivity index (χ2n) is 5.67.